The molecule has 4 aromatic carbocycles. The molecule has 0 amide bonds. The van der Waals surface area contributed by atoms with Gasteiger partial charge in [0.25, 0.3) is 0 Å². The van der Waals surface area contributed by atoms with E-state index in [1.165, 1.54) is 0 Å². The van der Waals surface area contributed by atoms with E-state index in [0.717, 1.165) is 21.5 Å². The van der Waals surface area contributed by atoms with E-state index in [-0.39, 0.29) is 11.8 Å². The van der Waals surface area contributed by atoms with E-state index in [9.17, 15) is 19.2 Å². The Bertz CT molecular complexity index is 1630. The highest BCUT2D eigenvalue weighted by Gasteiger charge is 2.64. The van der Waals surface area contributed by atoms with Crippen LogP contribution in [0.1, 0.15) is 33.6 Å². The Labute approximate surface area is 229 Å². The first-order chi connectivity index (χ1) is 19.5. The van der Waals surface area contributed by atoms with Crippen molar-refractivity contribution in [2.45, 2.75) is 12.8 Å². The van der Waals surface area contributed by atoms with Crippen LogP contribution in [0.2, 0.25) is 0 Å². The summed E-state index contributed by atoms with van der Waals surface area (Å²) in [5.41, 5.74) is 0.726. The highest BCUT2D eigenvalue weighted by atomic mass is 16.7. The van der Waals surface area contributed by atoms with E-state index in [4.69, 9.17) is 18.9 Å². The zero-order valence-corrected chi connectivity index (χ0v) is 21.5. The molecule has 0 bridgehead atoms. The molecule has 0 aromatic heterocycles. The van der Waals surface area contributed by atoms with Gasteiger partial charge in [0.2, 0.25) is 13.6 Å². The third-order valence-electron chi connectivity index (χ3n) is 7.83. The van der Waals surface area contributed by atoms with Crippen LogP contribution in [0.5, 0.6) is 0 Å². The molecular weight excluding hydrogens is 512 g/mol. The predicted molar refractivity (Wildman–Crippen MR) is 144 cm³/mol. The zero-order valence-electron chi connectivity index (χ0n) is 21.5. The van der Waals surface area contributed by atoms with Crippen LogP contribution in [0, 0.1) is 23.7 Å². The molecule has 4 aromatic rings. The van der Waals surface area contributed by atoms with Gasteiger partial charge >= 0.3 is 23.9 Å². The molecular formula is C32H26O8. The highest BCUT2D eigenvalue weighted by Crippen LogP contribution is 2.61. The number of benzene rings is 4. The fourth-order valence-corrected chi connectivity index (χ4v) is 5.78. The van der Waals surface area contributed by atoms with E-state index in [1.54, 1.807) is 24.3 Å². The molecule has 2 aliphatic carbocycles. The van der Waals surface area contributed by atoms with Crippen LogP contribution >= 0.6 is 0 Å². The third-order valence-corrected chi connectivity index (χ3v) is 7.83. The van der Waals surface area contributed by atoms with Crippen molar-refractivity contribution in [1.29, 1.82) is 0 Å². The van der Waals surface area contributed by atoms with Gasteiger partial charge in [-0.05, 0) is 70.5 Å². The number of carbonyl (C=O) groups is 4. The second-order valence-electron chi connectivity index (χ2n) is 10.1. The summed E-state index contributed by atoms with van der Waals surface area (Å²) in [7, 11) is 0. The summed E-state index contributed by atoms with van der Waals surface area (Å²) in [6, 6.07) is 25.7. The van der Waals surface area contributed by atoms with Gasteiger partial charge in [-0.15, -0.1) is 0 Å². The quantitative estimate of drug-likeness (QED) is 0.220. The fourth-order valence-electron chi connectivity index (χ4n) is 5.78. The molecule has 2 saturated carbocycles. The number of ether oxygens (including phenoxy) is 4. The molecule has 8 nitrogen and oxygen atoms in total. The Morgan fingerprint density at radius 1 is 0.575 bits per heavy atom. The van der Waals surface area contributed by atoms with Crippen molar-refractivity contribution in [3.05, 3.63) is 96.1 Å². The van der Waals surface area contributed by atoms with Gasteiger partial charge in [-0.25, -0.2) is 9.59 Å². The number of carbonyl (C=O) groups excluding carboxylic acids is 4. The van der Waals surface area contributed by atoms with Gasteiger partial charge in [0.1, 0.15) is 0 Å². The first kappa shape index (κ1) is 25.6. The Hall–Kier alpha value is -4.72. The number of hydrogen-bond acceptors (Lipinski definition) is 8. The Morgan fingerprint density at radius 3 is 1.62 bits per heavy atom. The van der Waals surface area contributed by atoms with Crippen LogP contribution < -0.4 is 0 Å². The Balaban J connectivity index is 0.947. The molecule has 2 fully saturated rings. The molecule has 8 heteroatoms. The van der Waals surface area contributed by atoms with Gasteiger partial charge in [0.15, 0.2) is 0 Å². The molecule has 0 heterocycles. The van der Waals surface area contributed by atoms with Gasteiger partial charge < -0.3 is 18.9 Å². The number of hydrogen-bond donors (Lipinski definition) is 0. The molecule has 0 spiro atoms. The molecule has 2 aliphatic rings. The lowest BCUT2D eigenvalue weighted by Crippen LogP contribution is -2.23. The van der Waals surface area contributed by atoms with Crippen molar-refractivity contribution in [2.75, 3.05) is 13.6 Å². The topological polar surface area (TPSA) is 105 Å². The maximum Gasteiger partial charge on any atom is 0.341 e. The number of fused-ring (bicyclic) bond motifs is 3. The predicted octanol–water partition coefficient (Wildman–Crippen LogP) is 5.28. The molecule has 40 heavy (non-hydrogen) atoms. The summed E-state index contributed by atoms with van der Waals surface area (Å²) in [6.45, 7) is -1.00. The van der Waals surface area contributed by atoms with Gasteiger partial charge in [0.05, 0.1) is 23.0 Å². The minimum absolute atomic E-state index is 0.0291. The molecule has 0 saturated heterocycles. The van der Waals surface area contributed by atoms with Gasteiger partial charge in [-0.3, -0.25) is 9.59 Å². The Morgan fingerprint density at radius 2 is 1.07 bits per heavy atom. The van der Waals surface area contributed by atoms with E-state index >= 15 is 0 Å². The van der Waals surface area contributed by atoms with Crippen molar-refractivity contribution in [3.63, 3.8) is 0 Å². The van der Waals surface area contributed by atoms with Crippen LogP contribution in [0.3, 0.4) is 0 Å². The second kappa shape index (κ2) is 10.8. The van der Waals surface area contributed by atoms with Gasteiger partial charge in [0, 0.05) is 0 Å². The lowest BCUT2D eigenvalue weighted by atomic mass is 10.0. The van der Waals surface area contributed by atoms with E-state index in [1.807, 2.05) is 60.7 Å². The summed E-state index contributed by atoms with van der Waals surface area (Å²) < 4.78 is 20.7. The van der Waals surface area contributed by atoms with Crippen LogP contribution in [0.25, 0.3) is 21.5 Å². The summed E-state index contributed by atoms with van der Waals surface area (Å²) >= 11 is 0. The summed E-state index contributed by atoms with van der Waals surface area (Å²) in [6.07, 6.45) is 1.28. The van der Waals surface area contributed by atoms with Crippen molar-refractivity contribution in [2.24, 2.45) is 23.7 Å². The second-order valence-corrected chi connectivity index (χ2v) is 10.1. The smallest absolute Gasteiger partial charge is 0.341 e. The number of rotatable bonds is 8. The lowest BCUT2D eigenvalue weighted by molar-refractivity contribution is -0.159. The van der Waals surface area contributed by atoms with E-state index in [2.05, 4.69) is 0 Å². The minimum Gasteiger partial charge on any atom is -0.428 e. The van der Waals surface area contributed by atoms with Crippen molar-refractivity contribution in [3.8, 4) is 0 Å². The Kier molecular flexibility index (Phi) is 6.90. The summed E-state index contributed by atoms with van der Waals surface area (Å²) in [4.78, 5) is 50.0. The molecule has 6 rings (SSSR count). The average molecular weight is 539 g/mol. The molecule has 202 valence electrons. The van der Waals surface area contributed by atoms with Crippen LogP contribution in [0.15, 0.2) is 84.9 Å². The standard InChI is InChI=1S/C32H26O8/c33-29(23-11-9-19-5-1-3-7-21(19)15-23)37-17-39-31(35)26-14-13-25-27(26)28(25)32(36)40-18-38-30(34)24-12-10-20-6-2-4-8-22(20)16-24/h1-12,15-16,25-28H,13-14,17-18H2/t25-,26-,27-,28+/m1/s1. The van der Waals surface area contributed by atoms with Crippen molar-refractivity contribution >= 4 is 45.4 Å². The molecule has 0 radical (unpaired) electrons. The van der Waals surface area contributed by atoms with E-state index < -0.39 is 49.3 Å². The van der Waals surface area contributed by atoms with Crippen molar-refractivity contribution in [1.82, 2.24) is 0 Å². The monoisotopic (exact) mass is 538 g/mol. The largest absolute Gasteiger partial charge is 0.428 e. The van der Waals surface area contributed by atoms with Gasteiger partial charge in [-0.1, -0.05) is 60.7 Å². The molecule has 0 aliphatic heterocycles. The molecule has 4 atom stereocenters. The molecule has 0 unspecified atom stereocenters. The maximum absolute atomic E-state index is 12.7. The highest BCUT2D eigenvalue weighted by molar-refractivity contribution is 5.96. The zero-order chi connectivity index (χ0) is 27.6. The maximum atomic E-state index is 12.7. The molecule has 0 N–H and O–H groups in total. The average Bonchev–Trinajstić information content (AvgIpc) is 3.54. The van der Waals surface area contributed by atoms with E-state index in [0.29, 0.717) is 24.0 Å². The first-order valence-electron chi connectivity index (χ1n) is 13.1. The van der Waals surface area contributed by atoms with Crippen LogP contribution in [-0.2, 0) is 28.5 Å². The number of esters is 4. The van der Waals surface area contributed by atoms with Crippen LogP contribution in [0.4, 0.5) is 0 Å². The first-order valence-corrected chi connectivity index (χ1v) is 13.1. The SMILES string of the molecule is O=C(OCOC(=O)[C@H]1[C@@H]2CC[C@@H](C(=O)OCOC(=O)c3ccc4ccccc4c3)[C@@H]21)c1ccc2ccccc2c1. The summed E-state index contributed by atoms with van der Waals surface area (Å²) in [5.74, 6) is -3.25. The lowest BCUT2D eigenvalue weighted by Gasteiger charge is -2.14. The van der Waals surface area contributed by atoms with Gasteiger partial charge in [-0.2, -0.15) is 0 Å². The fraction of sp³-hybridized carbons (Fsp3) is 0.250. The third kappa shape index (κ3) is 5.12. The minimum atomic E-state index is -0.589. The van der Waals surface area contributed by atoms with Crippen LogP contribution in [-0.4, -0.2) is 37.5 Å². The van der Waals surface area contributed by atoms with Crippen molar-refractivity contribution < 1.29 is 38.1 Å². The summed E-state index contributed by atoms with van der Waals surface area (Å²) in [5, 5.41) is 3.81. The normalized spacial score (nSPS) is 20.9.